The van der Waals surface area contributed by atoms with Crippen molar-refractivity contribution in [3.63, 3.8) is 0 Å². The molecule has 5 rings (SSSR count). The number of ether oxygens (including phenoxy) is 1. The van der Waals surface area contributed by atoms with Crippen molar-refractivity contribution in [3.05, 3.63) is 89.5 Å². The summed E-state index contributed by atoms with van der Waals surface area (Å²) in [4.78, 5) is 33.6. The van der Waals surface area contributed by atoms with Gasteiger partial charge in [0.05, 0.1) is 11.4 Å². The molecule has 1 N–H and O–H groups in total. The van der Waals surface area contributed by atoms with Crippen LogP contribution in [0.15, 0.2) is 66.7 Å². The lowest BCUT2D eigenvalue weighted by Crippen LogP contribution is -2.22. The Hall–Kier alpha value is -4.86. The third-order valence-electron chi connectivity index (χ3n) is 5.46. The first-order valence-corrected chi connectivity index (χ1v) is 11.3. The number of benzene rings is 2. The predicted octanol–water partition coefficient (Wildman–Crippen LogP) is 3.70. The molecule has 36 heavy (non-hydrogen) atoms. The average Bonchev–Trinajstić information content (AvgIpc) is 3.48. The van der Waals surface area contributed by atoms with Crippen LogP contribution in [0.25, 0.3) is 22.7 Å². The number of aromatic nitrogens is 6. The molecule has 2 aromatic carbocycles. The van der Waals surface area contributed by atoms with Crippen LogP contribution in [0.1, 0.15) is 27.6 Å². The molecule has 1 amide bonds. The smallest absolute Gasteiger partial charge is 0.378 e. The number of nitrogens with zero attached hydrogens (tertiary/aromatic N) is 6. The van der Waals surface area contributed by atoms with Crippen LogP contribution in [0.5, 0.6) is 0 Å². The first-order valence-electron chi connectivity index (χ1n) is 11.3. The lowest BCUT2D eigenvalue weighted by Gasteiger charge is -2.08. The molecule has 10 nitrogen and oxygen atoms in total. The Bertz CT molecular complexity index is 1570. The molecule has 0 fully saturated rings. The number of hydrogen-bond donors (Lipinski definition) is 1. The quantitative estimate of drug-likeness (QED) is 0.368. The van der Waals surface area contributed by atoms with E-state index in [2.05, 4.69) is 25.5 Å². The fourth-order valence-electron chi connectivity index (χ4n) is 3.73. The van der Waals surface area contributed by atoms with Gasteiger partial charge in [-0.05, 0) is 39.0 Å². The minimum absolute atomic E-state index is 0.167. The summed E-state index contributed by atoms with van der Waals surface area (Å²) < 4.78 is 8.25. The molecule has 0 unspecified atom stereocenters. The van der Waals surface area contributed by atoms with Crippen LogP contribution in [0.2, 0.25) is 0 Å². The summed E-state index contributed by atoms with van der Waals surface area (Å²) in [5, 5.41) is 11.6. The lowest BCUT2D eigenvalue weighted by molar-refractivity contribution is -0.119. The number of aryl methyl sites for hydroxylation is 3. The van der Waals surface area contributed by atoms with Gasteiger partial charge in [-0.1, -0.05) is 48.0 Å². The minimum atomic E-state index is -0.815. The van der Waals surface area contributed by atoms with Crippen molar-refractivity contribution in [2.45, 2.75) is 20.8 Å². The Morgan fingerprint density at radius 3 is 2.42 bits per heavy atom. The number of amides is 1. The maximum atomic E-state index is 12.7. The molecule has 0 spiro atoms. The first kappa shape index (κ1) is 22.9. The van der Waals surface area contributed by atoms with Crippen molar-refractivity contribution in [1.82, 2.24) is 29.4 Å². The van der Waals surface area contributed by atoms with Gasteiger partial charge >= 0.3 is 5.97 Å². The van der Waals surface area contributed by atoms with Crippen molar-refractivity contribution in [1.29, 1.82) is 0 Å². The monoisotopic (exact) mass is 481 g/mol. The van der Waals surface area contributed by atoms with Crippen molar-refractivity contribution >= 4 is 23.5 Å². The molecule has 0 aliphatic carbocycles. The molecule has 0 aliphatic rings. The summed E-state index contributed by atoms with van der Waals surface area (Å²) in [6, 6.07) is 21.0. The normalized spacial score (nSPS) is 11.0. The first-order chi connectivity index (χ1) is 17.4. The molecule has 5 aromatic rings. The van der Waals surface area contributed by atoms with E-state index in [1.165, 1.54) is 4.52 Å². The number of rotatable bonds is 6. The number of esters is 1. The van der Waals surface area contributed by atoms with Crippen LogP contribution in [0.4, 0.5) is 5.82 Å². The molecular weight excluding hydrogens is 458 g/mol. The van der Waals surface area contributed by atoms with Gasteiger partial charge in [-0.25, -0.2) is 19.0 Å². The summed E-state index contributed by atoms with van der Waals surface area (Å²) >= 11 is 0. The molecule has 3 heterocycles. The Balaban J connectivity index is 1.33. The van der Waals surface area contributed by atoms with Crippen LogP contribution in [-0.4, -0.2) is 47.8 Å². The van der Waals surface area contributed by atoms with Crippen molar-refractivity contribution < 1.29 is 14.3 Å². The van der Waals surface area contributed by atoms with E-state index in [0.29, 0.717) is 17.3 Å². The van der Waals surface area contributed by atoms with Crippen LogP contribution < -0.4 is 5.32 Å². The molecule has 180 valence electrons. The summed E-state index contributed by atoms with van der Waals surface area (Å²) in [5.41, 5.74) is 5.05. The van der Waals surface area contributed by atoms with E-state index in [0.717, 1.165) is 28.2 Å². The molecule has 0 radical (unpaired) electrons. The Morgan fingerprint density at radius 2 is 1.67 bits per heavy atom. The van der Waals surface area contributed by atoms with E-state index in [1.807, 2.05) is 81.4 Å². The van der Waals surface area contributed by atoms with Gasteiger partial charge in [-0.2, -0.15) is 10.1 Å². The van der Waals surface area contributed by atoms with E-state index < -0.39 is 18.5 Å². The highest BCUT2D eigenvalue weighted by Crippen LogP contribution is 2.25. The molecule has 0 saturated heterocycles. The summed E-state index contributed by atoms with van der Waals surface area (Å²) in [6.45, 7) is 5.16. The second-order valence-electron chi connectivity index (χ2n) is 8.34. The topological polar surface area (TPSA) is 116 Å². The van der Waals surface area contributed by atoms with Gasteiger partial charge in [0.1, 0.15) is 5.82 Å². The number of anilines is 1. The Labute approximate surface area is 206 Å². The fraction of sp³-hybridized carbons (Fsp3) is 0.154. The predicted molar refractivity (Wildman–Crippen MR) is 133 cm³/mol. The summed E-state index contributed by atoms with van der Waals surface area (Å²) in [5.74, 6) is -0.771. The number of fused-ring (bicyclic) bond motifs is 1. The minimum Gasteiger partial charge on any atom is -0.450 e. The Morgan fingerprint density at radius 1 is 0.917 bits per heavy atom. The molecule has 0 bridgehead atoms. The van der Waals surface area contributed by atoms with E-state index in [9.17, 15) is 9.59 Å². The van der Waals surface area contributed by atoms with Crippen LogP contribution in [0.3, 0.4) is 0 Å². The molecule has 0 atom stereocenters. The fourth-order valence-corrected chi connectivity index (χ4v) is 3.73. The van der Waals surface area contributed by atoms with Gasteiger partial charge in [-0.3, -0.25) is 4.79 Å². The van der Waals surface area contributed by atoms with Gasteiger partial charge in [0.2, 0.25) is 0 Å². The SMILES string of the molecule is Cc1ccc(-c2cc(NC(=O)COC(=O)c3nc4nc(C)cc(C)n4n3)n(-c3ccccc3)n2)cc1. The second kappa shape index (κ2) is 9.41. The van der Waals surface area contributed by atoms with E-state index >= 15 is 0 Å². The molecule has 0 aliphatic heterocycles. The molecular formula is C26H23N7O3. The van der Waals surface area contributed by atoms with Crippen LogP contribution >= 0.6 is 0 Å². The average molecular weight is 482 g/mol. The van der Waals surface area contributed by atoms with Gasteiger partial charge in [0, 0.05) is 23.0 Å². The standard InChI is InChI=1S/C26H23N7O3/c1-16-9-11-19(12-10-16)21-14-22(33(30-21)20-7-5-4-6-8-20)28-23(34)15-36-25(35)24-29-26-27-17(2)13-18(3)32(26)31-24/h4-14H,15H2,1-3H3,(H,28,34). The zero-order valence-corrected chi connectivity index (χ0v) is 20.0. The highest BCUT2D eigenvalue weighted by Gasteiger charge is 2.19. The van der Waals surface area contributed by atoms with Crippen molar-refractivity contribution in [2.24, 2.45) is 0 Å². The van der Waals surface area contributed by atoms with E-state index in [1.54, 1.807) is 10.7 Å². The largest absolute Gasteiger partial charge is 0.450 e. The number of hydrogen-bond acceptors (Lipinski definition) is 7. The van der Waals surface area contributed by atoms with Gasteiger partial charge < -0.3 is 10.1 Å². The zero-order chi connectivity index (χ0) is 25.2. The highest BCUT2D eigenvalue weighted by molar-refractivity contribution is 5.94. The molecule has 0 saturated carbocycles. The van der Waals surface area contributed by atoms with Crippen LogP contribution in [0, 0.1) is 20.8 Å². The third-order valence-corrected chi connectivity index (χ3v) is 5.46. The zero-order valence-electron chi connectivity index (χ0n) is 20.0. The number of para-hydroxylation sites is 1. The third kappa shape index (κ3) is 4.69. The number of carbonyl (C=O) groups is 2. The molecule has 10 heteroatoms. The van der Waals surface area contributed by atoms with Crippen molar-refractivity contribution in [3.8, 4) is 16.9 Å². The van der Waals surface area contributed by atoms with Crippen LogP contribution in [-0.2, 0) is 9.53 Å². The van der Waals surface area contributed by atoms with Gasteiger partial charge in [0.15, 0.2) is 6.61 Å². The van der Waals surface area contributed by atoms with Crippen molar-refractivity contribution in [2.75, 3.05) is 11.9 Å². The van der Waals surface area contributed by atoms with Gasteiger partial charge in [-0.15, -0.1) is 5.10 Å². The summed E-state index contributed by atoms with van der Waals surface area (Å²) in [6.07, 6.45) is 0. The number of carbonyl (C=O) groups excluding carboxylic acids is 2. The lowest BCUT2D eigenvalue weighted by atomic mass is 10.1. The second-order valence-corrected chi connectivity index (χ2v) is 8.34. The molecule has 3 aromatic heterocycles. The number of nitrogens with one attached hydrogen (secondary N) is 1. The summed E-state index contributed by atoms with van der Waals surface area (Å²) in [7, 11) is 0. The van der Waals surface area contributed by atoms with E-state index in [-0.39, 0.29) is 5.82 Å². The van der Waals surface area contributed by atoms with E-state index in [4.69, 9.17) is 4.74 Å². The Kier molecular flexibility index (Phi) is 5.99. The maximum Gasteiger partial charge on any atom is 0.378 e. The maximum absolute atomic E-state index is 12.7. The highest BCUT2D eigenvalue weighted by atomic mass is 16.5. The van der Waals surface area contributed by atoms with Gasteiger partial charge in [0.25, 0.3) is 17.5 Å².